The van der Waals surface area contributed by atoms with Gasteiger partial charge in [0.2, 0.25) is 5.91 Å². The minimum Gasteiger partial charge on any atom is -0.326 e. The molecule has 0 radical (unpaired) electrons. The second kappa shape index (κ2) is 5.47. The zero-order valence-corrected chi connectivity index (χ0v) is 11.9. The summed E-state index contributed by atoms with van der Waals surface area (Å²) in [5, 5.41) is 3.55. The Morgan fingerprint density at radius 2 is 2.10 bits per heavy atom. The van der Waals surface area contributed by atoms with Crippen molar-refractivity contribution in [2.24, 2.45) is 23.5 Å². The molecule has 0 aromatic heterocycles. The predicted octanol–water partition coefficient (Wildman–Crippen LogP) is 2.63. The number of nitrogens with one attached hydrogen (secondary N) is 1. The van der Waals surface area contributed by atoms with Gasteiger partial charge in [0.25, 0.3) is 0 Å². The number of halogens is 1. The lowest BCUT2D eigenvalue weighted by Gasteiger charge is -2.12. The number of hydrogen-bond acceptors (Lipinski definition) is 2. The number of anilines is 1. The third-order valence-corrected chi connectivity index (χ3v) is 4.50. The summed E-state index contributed by atoms with van der Waals surface area (Å²) in [4.78, 5) is 12.2. The molecule has 0 bridgehead atoms. The molecule has 2 aliphatic carbocycles. The van der Waals surface area contributed by atoms with Crippen molar-refractivity contribution >= 4 is 23.2 Å². The molecule has 0 spiro atoms. The second-order valence-corrected chi connectivity index (χ2v) is 6.02. The van der Waals surface area contributed by atoms with E-state index in [2.05, 4.69) is 17.2 Å². The van der Waals surface area contributed by atoms with Gasteiger partial charge in [-0.25, -0.2) is 0 Å². The minimum absolute atomic E-state index is 0.122. The molecule has 3 rings (SSSR count). The largest absolute Gasteiger partial charge is 0.326 e. The van der Waals surface area contributed by atoms with E-state index in [0.29, 0.717) is 10.6 Å². The molecule has 2 saturated carbocycles. The normalized spacial score (nSPS) is 26.4. The third kappa shape index (κ3) is 2.82. The van der Waals surface area contributed by atoms with Crippen molar-refractivity contribution in [2.45, 2.75) is 19.3 Å². The molecule has 2 atom stereocenters. The summed E-state index contributed by atoms with van der Waals surface area (Å²) in [6.45, 7) is 0.289. The van der Waals surface area contributed by atoms with E-state index >= 15 is 0 Å². The summed E-state index contributed by atoms with van der Waals surface area (Å²) >= 11 is 6.06. The average Bonchev–Trinajstić information content (AvgIpc) is 3.05. The number of carbonyl (C=O) groups excluding carboxylic acids is 1. The number of benzene rings is 1. The summed E-state index contributed by atoms with van der Waals surface area (Å²) in [5.74, 6) is 7.60. The van der Waals surface area contributed by atoms with Crippen LogP contribution in [0.25, 0.3) is 0 Å². The number of amides is 1. The molecule has 3 N–H and O–H groups in total. The summed E-state index contributed by atoms with van der Waals surface area (Å²) in [6, 6.07) is 5.37. The molecule has 0 saturated heterocycles. The maximum absolute atomic E-state index is 12.2. The fourth-order valence-electron chi connectivity index (χ4n) is 3.02. The Labute approximate surface area is 123 Å². The van der Waals surface area contributed by atoms with Crippen LogP contribution in [0.5, 0.6) is 0 Å². The maximum Gasteiger partial charge on any atom is 0.227 e. The Morgan fingerprint density at radius 3 is 2.80 bits per heavy atom. The van der Waals surface area contributed by atoms with Gasteiger partial charge in [-0.15, -0.1) is 0 Å². The number of rotatable bonds is 2. The number of carbonyl (C=O) groups is 1. The van der Waals surface area contributed by atoms with Gasteiger partial charge in [0.1, 0.15) is 0 Å². The van der Waals surface area contributed by atoms with Crippen molar-refractivity contribution in [1.82, 2.24) is 0 Å². The van der Waals surface area contributed by atoms with Gasteiger partial charge in [-0.3, -0.25) is 4.79 Å². The van der Waals surface area contributed by atoms with Crippen LogP contribution in [0.4, 0.5) is 5.69 Å². The highest BCUT2D eigenvalue weighted by Gasteiger charge is 2.47. The fraction of sp³-hybridized carbons (Fsp3) is 0.438. The van der Waals surface area contributed by atoms with E-state index in [9.17, 15) is 4.79 Å². The lowest BCUT2D eigenvalue weighted by molar-refractivity contribution is -0.120. The van der Waals surface area contributed by atoms with Gasteiger partial charge < -0.3 is 11.1 Å². The van der Waals surface area contributed by atoms with Gasteiger partial charge in [0.05, 0.1) is 11.6 Å². The van der Waals surface area contributed by atoms with Gasteiger partial charge >= 0.3 is 0 Å². The van der Waals surface area contributed by atoms with E-state index in [1.165, 1.54) is 6.42 Å². The first-order chi connectivity index (χ1) is 9.67. The molecule has 0 aliphatic heterocycles. The van der Waals surface area contributed by atoms with Gasteiger partial charge in [-0.1, -0.05) is 23.4 Å². The highest BCUT2D eigenvalue weighted by atomic mass is 35.5. The second-order valence-electron chi connectivity index (χ2n) is 5.61. The van der Waals surface area contributed by atoms with Crippen LogP contribution in [0.3, 0.4) is 0 Å². The van der Waals surface area contributed by atoms with E-state index in [-0.39, 0.29) is 18.4 Å². The molecular formula is C16H17ClN2O. The highest BCUT2D eigenvalue weighted by molar-refractivity contribution is 6.31. The zero-order chi connectivity index (χ0) is 14.1. The molecule has 20 heavy (non-hydrogen) atoms. The lowest BCUT2D eigenvalue weighted by atomic mass is 10.0. The van der Waals surface area contributed by atoms with Crippen LogP contribution in [-0.4, -0.2) is 12.5 Å². The van der Waals surface area contributed by atoms with Crippen LogP contribution in [0.1, 0.15) is 24.8 Å². The van der Waals surface area contributed by atoms with Gasteiger partial charge in [0, 0.05) is 17.2 Å². The number of hydrogen-bond donors (Lipinski definition) is 2. The smallest absolute Gasteiger partial charge is 0.227 e. The Kier molecular flexibility index (Phi) is 3.69. The molecule has 104 valence electrons. The molecule has 2 fully saturated rings. The van der Waals surface area contributed by atoms with Crippen LogP contribution in [0, 0.1) is 29.6 Å². The quantitative estimate of drug-likeness (QED) is 0.822. The fourth-order valence-corrected chi connectivity index (χ4v) is 3.18. The van der Waals surface area contributed by atoms with E-state index < -0.39 is 0 Å². The molecular weight excluding hydrogens is 272 g/mol. The molecule has 0 heterocycles. The molecule has 3 nitrogen and oxygen atoms in total. The van der Waals surface area contributed by atoms with Crippen molar-refractivity contribution < 1.29 is 4.79 Å². The zero-order valence-electron chi connectivity index (χ0n) is 11.2. The summed E-state index contributed by atoms with van der Waals surface area (Å²) in [6.07, 6.45) is 3.41. The van der Waals surface area contributed by atoms with Crippen LogP contribution in [-0.2, 0) is 4.79 Å². The van der Waals surface area contributed by atoms with Crippen LogP contribution < -0.4 is 11.1 Å². The summed E-state index contributed by atoms with van der Waals surface area (Å²) in [5.41, 5.74) is 6.81. The minimum atomic E-state index is 0.122. The molecule has 2 unspecified atom stereocenters. The first-order valence-electron chi connectivity index (χ1n) is 6.96. The lowest BCUT2D eigenvalue weighted by Crippen LogP contribution is -2.21. The van der Waals surface area contributed by atoms with E-state index in [0.717, 1.165) is 30.4 Å². The third-order valence-electron chi connectivity index (χ3n) is 4.17. The molecule has 1 aromatic rings. The first-order valence-corrected chi connectivity index (χ1v) is 7.34. The Morgan fingerprint density at radius 1 is 1.35 bits per heavy atom. The first kappa shape index (κ1) is 13.5. The van der Waals surface area contributed by atoms with Gasteiger partial charge in [-0.2, -0.15) is 0 Å². The van der Waals surface area contributed by atoms with Crippen molar-refractivity contribution in [3.63, 3.8) is 0 Å². The summed E-state index contributed by atoms with van der Waals surface area (Å²) < 4.78 is 0. The number of fused-ring (bicyclic) bond motifs is 1. The van der Waals surface area contributed by atoms with Gasteiger partial charge in [-0.05, 0) is 49.3 Å². The highest BCUT2D eigenvalue weighted by Crippen LogP contribution is 2.54. The topological polar surface area (TPSA) is 55.1 Å². The Balaban J connectivity index is 1.69. The SMILES string of the molecule is NCC#Cc1cc(NC(=O)C2CC3CC3C2)ccc1Cl. The maximum atomic E-state index is 12.2. The van der Waals surface area contributed by atoms with Crippen molar-refractivity contribution in [3.8, 4) is 11.8 Å². The van der Waals surface area contributed by atoms with Crippen molar-refractivity contribution in [2.75, 3.05) is 11.9 Å². The average molecular weight is 289 g/mol. The Bertz CT molecular complexity index is 592. The molecule has 4 heteroatoms. The van der Waals surface area contributed by atoms with E-state index in [4.69, 9.17) is 17.3 Å². The van der Waals surface area contributed by atoms with Gasteiger partial charge in [0.15, 0.2) is 0 Å². The van der Waals surface area contributed by atoms with Crippen LogP contribution in [0.2, 0.25) is 5.02 Å². The molecule has 2 aliphatic rings. The standard InChI is InChI=1S/C16H17ClN2O/c17-15-4-3-14(9-10(15)2-1-5-18)19-16(20)13-7-11-6-12(11)8-13/h3-4,9,11-13H,5-8,18H2,(H,19,20). The molecule has 1 aromatic carbocycles. The van der Waals surface area contributed by atoms with Crippen LogP contribution in [0.15, 0.2) is 18.2 Å². The van der Waals surface area contributed by atoms with Crippen LogP contribution >= 0.6 is 11.6 Å². The molecule has 1 amide bonds. The van der Waals surface area contributed by atoms with E-state index in [1.54, 1.807) is 12.1 Å². The predicted molar refractivity (Wildman–Crippen MR) is 80.3 cm³/mol. The van der Waals surface area contributed by atoms with E-state index in [1.807, 2.05) is 6.07 Å². The van der Waals surface area contributed by atoms with Crippen molar-refractivity contribution in [3.05, 3.63) is 28.8 Å². The summed E-state index contributed by atoms with van der Waals surface area (Å²) in [7, 11) is 0. The monoisotopic (exact) mass is 288 g/mol. The Hall–Kier alpha value is -1.50. The van der Waals surface area contributed by atoms with Crippen molar-refractivity contribution in [1.29, 1.82) is 0 Å². The number of nitrogens with two attached hydrogens (primary N) is 1.